The Morgan fingerprint density at radius 2 is 1.69 bits per heavy atom. The molecule has 0 spiro atoms. The van der Waals surface area contributed by atoms with E-state index in [1.54, 1.807) is 26.4 Å². The summed E-state index contributed by atoms with van der Waals surface area (Å²) in [4.78, 5) is 14.0. The van der Waals surface area contributed by atoms with Crippen molar-refractivity contribution >= 4 is 33.1 Å². The van der Waals surface area contributed by atoms with Gasteiger partial charge < -0.3 is 14.8 Å². The van der Waals surface area contributed by atoms with Crippen LogP contribution in [0.25, 0.3) is 21.5 Å². The first-order chi connectivity index (χ1) is 15.3. The summed E-state index contributed by atoms with van der Waals surface area (Å²) in [5.41, 5.74) is 2.55. The van der Waals surface area contributed by atoms with Crippen molar-refractivity contribution in [1.82, 2.24) is 4.90 Å². The molecule has 5 nitrogen and oxygen atoms in total. The van der Waals surface area contributed by atoms with Gasteiger partial charge in [-0.3, -0.25) is 9.69 Å². The summed E-state index contributed by atoms with van der Waals surface area (Å²) in [5.74, 6) is -0.840. The zero-order valence-corrected chi connectivity index (χ0v) is 17.8. The van der Waals surface area contributed by atoms with Gasteiger partial charge in [0.15, 0.2) is 11.5 Å². The second kappa shape index (κ2) is 7.55. The van der Waals surface area contributed by atoms with Gasteiger partial charge in [-0.2, -0.15) is 13.2 Å². The molecule has 0 unspecified atom stereocenters. The lowest BCUT2D eigenvalue weighted by molar-refractivity contribution is -0.167. The Labute approximate surface area is 183 Å². The predicted molar refractivity (Wildman–Crippen MR) is 116 cm³/mol. The van der Waals surface area contributed by atoms with E-state index >= 15 is 0 Å². The molecule has 2 aliphatic rings. The quantitative estimate of drug-likeness (QED) is 0.576. The lowest BCUT2D eigenvalue weighted by atomic mass is 9.85. The standard InChI is InChI=1S/C24H23F3N2O3/c1-31-21-10-18-16-8-13(28-23(30)24(25,26)27)5-6-15(16)17-9-14-4-3-7-29(14)12-20(17)19(18)11-22(21)32-2/h5-6,8,10-11,14H,3-4,7,9,12H2,1-2H3,(H,28,30)/t14-/m0/s1. The Bertz CT molecular complexity index is 1240. The Hall–Kier alpha value is -3.00. The van der Waals surface area contributed by atoms with Crippen molar-refractivity contribution in [2.75, 3.05) is 26.1 Å². The topological polar surface area (TPSA) is 50.8 Å². The first kappa shape index (κ1) is 20.9. The summed E-state index contributed by atoms with van der Waals surface area (Å²) >= 11 is 0. The van der Waals surface area contributed by atoms with Crippen molar-refractivity contribution in [2.45, 2.75) is 38.0 Å². The molecule has 0 aromatic heterocycles. The van der Waals surface area contributed by atoms with Crippen molar-refractivity contribution in [2.24, 2.45) is 0 Å². The number of nitrogens with one attached hydrogen (secondary N) is 1. The van der Waals surface area contributed by atoms with E-state index in [4.69, 9.17) is 9.47 Å². The van der Waals surface area contributed by atoms with Gasteiger partial charge >= 0.3 is 12.1 Å². The molecule has 1 N–H and O–H groups in total. The molecule has 0 aliphatic carbocycles. The highest BCUT2D eigenvalue weighted by Gasteiger charge is 2.39. The number of amides is 1. The molecule has 3 aromatic rings. The zero-order chi connectivity index (χ0) is 22.6. The normalized spacial score (nSPS) is 18.5. The van der Waals surface area contributed by atoms with E-state index in [0.717, 1.165) is 47.5 Å². The van der Waals surface area contributed by atoms with Gasteiger partial charge in [-0.25, -0.2) is 0 Å². The van der Waals surface area contributed by atoms with Crippen LogP contribution in [0, 0.1) is 0 Å². The van der Waals surface area contributed by atoms with Crippen LogP contribution in [-0.2, 0) is 17.8 Å². The number of ether oxygens (including phenoxy) is 2. The molecule has 5 rings (SSSR count). The Morgan fingerprint density at radius 1 is 1.00 bits per heavy atom. The van der Waals surface area contributed by atoms with Crippen LogP contribution >= 0.6 is 0 Å². The third-order valence-electron chi connectivity index (χ3n) is 6.66. The molecule has 168 valence electrons. The van der Waals surface area contributed by atoms with Crippen LogP contribution in [0.5, 0.6) is 11.5 Å². The number of nitrogens with zero attached hydrogens (tertiary/aromatic N) is 1. The molecule has 1 atom stereocenters. The van der Waals surface area contributed by atoms with Crippen LogP contribution in [0.15, 0.2) is 30.3 Å². The zero-order valence-electron chi connectivity index (χ0n) is 17.8. The van der Waals surface area contributed by atoms with Crippen LogP contribution < -0.4 is 14.8 Å². The van der Waals surface area contributed by atoms with E-state index in [1.165, 1.54) is 17.5 Å². The van der Waals surface area contributed by atoms with E-state index in [9.17, 15) is 18.0 Å². The molecule has 32 heavy (non-hydrogen) atoms. The van der Waals surface area contributed by atoms with Crippen LogP contribution in [0.3, 0.4) is 0 Å². The van der Waals surface area contributed by atoms with Crippen molar-refractivity contribution < 1.29 is 27.4 Å². The summed E-state index contributed by atoms with van der Waals surface area (Å²) < 4.78 is 49.4. The highest BCUT2D eigenvalue weighted by atomic mass is 19.4. The summed E-state index contributed by atoms with van der Waals surface area (Å²) in [6, 6.07) is 9.27. The maximum absolute atomic E-state index is 12.8. The largest absolute Gasteiger partial charge is 0.493 e. The van der Waals surface area contributed by atoms with Crippen LogP contribution in [0.4, 0.5) is 18.9 Å². The Balaban J connectivity index is 1.76. The van der Waals surface area contributed by atoms with Gasteiger partial charge in [-0.1, -0.05) is 6.07 Å². The van der Waals surface area contributed by atoms with E-state index < -0.39 is 12.1 Å². The van der Waals surface area contributed by atoms with Crippen molar-refractivity contribution in [1.29, 1.82) is 0 Å². The average molecular weight is 444 g/mol. The van der Waals surface area contributed by atoms with Gasteiger partial charge in [0.2, 0.25) is 0 Å². The number of alkyl halides is 3. The molecule has 1 amide bonds. The molecule has 1 saturated heterocycles. The molecule has 3 aromatic carbocycles. The number of hydrogen-bond donors (Lipinski definition) is 1. The maximum Gasteiger partial charge on any atom is 0.471 e. The average Bonchev–Trinajstić information content (AvgIpc) is 3.24. The molecule has 0 bridgehead atoms. The van der Waals surface area contributed by atoms with Gasteiger partial charge in [0.1, 0.15) is 0 Å². The summed E-state index contributed by atoms with van der Waals surface area (Å²) in [6.07, 6.45) is -1.75. The monoisotopic (exact) mass is 444 g/mol. The van der Waals surface area contributed by atoms with Gasteiger partial charge in [0, 0.05) is 18.3 Å². The second-order valence-electron chi connectivity index (χ2n) is 8.39. The minimum absolute atomic E-state index is 0.106. The highest BCUT2D eigenvalue weighted by molar-refractivity contribution is 6.13. The molecule has 1 fully saturated rings. The SMILES string of the molecule is COc1cc2c3c(c4ccc(NC(=O)C(F)(F)F)cc4c2cc1OC)C[C@@H]1CCCN1C3. The third kappa shape index (κ3) is 3.33. The number of hydrogen-bond acceptors (Lipinski definition) is 4. The van der Waals surface area contributed by atoms with Crippen LogP contribution in [0.1, 0.15) is 24.0 Å². The fourth-order valence-corrected chi connectivity index (χ4v) is 5.17. The van der Waals surface area contributed by atoms with Crippen molar-refractivity contribution in [3.05, 3.63) is 41.5 Å². The lowest BCUT2D eigenvalue weighted by Gasteiger charge is -2.33. The molecular formula is C24H23F3N2O3. The number of carbonyl (C=O) groups is 1. The number of fused-ring (bicyclic) bond motifs is 7. The van der Waals surface area contributed by atoms with Crippen molar-refractivity contribution in [3.63, 3.8) is 0 Å². The van der Waals surface area contributed by atoms with Gasteiger partial charge in [-0.15, -0.1) is 0 Å². The van der Waals surface area contributed by atoms with Gasteiger partial charge in [-0.05, 0) is 82.7 Å². The number of anilines is 1. The fourth-order valence-electron chi connectivity index (χ4n) is 5.17. The van der Waals surface area contributed by atoms with E-state index in [2.05, 4.69) is 4.90 Å². The van der Waals surface area contributed by atoms with Gasteiger partial charge in [0.05, 0.1) is 14.2 Å². The van der Waals surface area contributed by atoms with Gasteiger partial charge in [0.25, 0.3) is 0 Å². The number of rotatable bonds is 3. The summed E-state index contributed by atoms with van der Waals surface area (Å²) in [6.45, 7) is 1.90. The number of benzene rings is 3. The van der Waals surface area contributed by atoms with Crippen molar-refractivity contribution in [3.8, 4) is 11.5 Å². The Kier molecular flexibility index (Phi) is 4.93. The number of carbonyl (C=O) groups excluding carboxylic acids is 1. The predicted octanol–water partition coefficient (Wildman–Crippen LogP) is 5.03. The fraction of sp³-hybridized carbons (Fsp3) is 0.375. The number of halogens is 3. The third-order valence-corrected chi connectivity index (χ3v) is 6.66. The molecule has 2 aliphatic heterocycles. The van der Waals surface area contributed by atoms with Crippen LogP contribution in [0.2, 0.25) is 0 Å². The molecule has 0 saturated carbocycles. The minimum atomic E-state index is -4.95. The second-order valence-corrected chi connectivity index (χ2v) is 8.39. The first-order valence-electron chi connectivity index (χ1n) is 10.6. The van der Waals surface area contributed by atoms with E-state index in [-0.39, 0.29) is 5.69 Å². The molecule has 2 heterocycles. The van der Waals surface area contributed by atoms with E-state index in [0.29, 0.717) is 17.5 Å². The highest BCUT2D eigenvalue weighted by Crippen LogP contribution is 2.44. The lowest BCUT2D eigenvalue weighted by Crippen LogP contribution is -2.35. The van der Waals surface area contributed by atoms with E-state index in [1.807, 2.05) is 23.5 Å². The number of methoxy groups -OCH3 is 2. The first-order valence-corrected chi connectivity index (χ1v) is 10.6. The van der Waals surface area contributed by atoms with Crippen LogP contribution in [-0.4, -0.2) is 43.8 Å². The molecule has 0 radical (unpaired) electrons. The summed E-state index contributed by atoms with van der Waals surface area (Å²) in [5, 5.41) is 5.61. The molecular weight excluding hydrogens is 421 g/mol. The summed E-state index contributed by atoms with van der Waals surface area (Å²) in [7, 11) is 3.13. The Morgan fingerprint density at radius 3 is 2.38 bits per heavy atom. The smallest absolute Gasteiger partial charge is 0.471 e. The maximum atomic E-state index is 12.8. The molecule has 8 heteroatoms. The minimum Gasteiger partial charge on any atom is -0.493 e.